The summed E-state index contributed by atoms with van der Waals surface area (Å²) >= 11 is 0. The van der Waals surface area contributed by atoms with Crippen molar-refractivity contribution in [1.82, 2.24) is 9.88 Å². The van der Waals surface area contributed by atoms with E-state index >= 15 is 0 Å². The molecule has 0 saturated heterocycles. The van der Waals surface area contributed by atoms with Crippen LogP contribution < -0.4 is 16.2 Å². The molecule has 0 spiro atoms. The molecule has 0 aliphatic heterocycles. The van der Waals surface area contributed by atoms with Gasteiger partial charge in [0.15, 0.2) is 0 Å². The molecule has 124 valence electrons. The van der Waals surface area contributed by atoms with Gasteiger partial charge >= 0.3 is 6.03 Å². The van der Waals surface area contributed by atoms with Gasteiger partial charge in [-0.3, -0.25) is 4.79 Å². The molecule has 5 nitrogen and oxygen atoms in total. The van der Waals surface area contributed by atoms with Crippen LogP contribution in [0.15, 0.2) is 41.3 Å². The van der Waals surface area contributed by atoms with E-state index in [0.29, 0.717) is 17.5 Å². The average Bonchev–Trinajstić information content (AvgIpc) is 3.26. The van der Waals surface area contributed by atoms with Crippen LogP contribution in [-0.4, -0.2) is 16.6 Å². The standard InChI is InChI=1S/C19H21N3O2/c1-11-9-16(23)22(2)10-15(11)20-19(24)21-18-14-8-7-12-5-3-4-6-13(12)17(14)18/h3-6,9-10,14,17-18H,7-8H2,1-2H3,(H2,20,21,24)/t14-,17+,18-/m1/s1. The van der Waals surface area contributed by atoms with Crippen LogP contribution in [0.2, 0.25) is 0 Å². The van der Waals surface area contributed by atoms with Crippen molar-refractivity contribution in [3.63, 3.8) is 0 Å². The van der Waals surface area contributed by atoms with Gasteiger partial charge < -0.3 is 15.2 Å². The van der Waals surface area contributed by atoms with E-state index < -0.39 is 0 Å². The molecule has 3 atom stereocenters. The Labute approximate surface area is 140 Å². The van der Waals surface area contributed by atoms with Crippen LogP contribution >= 0.6 is 0 Å². The van der Waals surface area contributed by atoms with E-state index in [0.717, 1.165) is 18.4 Å². The Bertz CT molecular complexity index is 871. The summed E-state index contributed by atoms with van der Waals surface area (Å²) in [7, 11) is 1.68. The zero-order valence-electron chi connectivity index (χ0n) is 13.9. The van der Waals surface area contributed by atoms with Crippen molar-refractivity contribution in [3.05, 3.63) is 63.6 Å². The van der Waals surface area contributed by atoms with Gasteiger partial charge in [-0.05, 0) is 42.4 Å². The number of urea groups is 1. The van der Waals surface area contributed by atoms with Gasteiger partial charge in [-0.15, -0.1) is 0 Å². The molecule has 1 fully saturated rings. The van der Waals surface area contributed by atoms with E-state index in [9.17, 15) is 9.59 Å². The molecule has 0 bridgehead atoms. The molecule has 24 heavy (non-hydrogen) atoms. The third kappa shape index (κ3) is 2.50. The number of aryl methyl sites for hydroxylation is 3. The maximum Gasteiger partial charge on any atom is 0.319 e. The van der Waals surface area contributed by atoms with Crippen LogP contribution in [0.5, 0.6) is 0 Å². The molecule has 2 N–H and O–H groups in total. The summed E-state index contributed by atoms with van der Waals surface area (Å²) < 4.78 is 1.47. The number of nitrogens with zero attached hydrogens (tertiary/aromatic N) is 1. The molecule has 5 heteroatoms. The average molecular weight is 323 g/mol. The highest BCUT2D eigenvalue weighted by Crippen LogP contribution is 2.54. The molecule has 0 radical (unpaired) electrons. The van der Waals surface area contributed by atoms with Crippen molar-refractivity contribution in [2.24, 2.45) is 13.0 Å². The van der Waals surface area contributed by atoms with E-state index in [4.69, 9.17) is 0 Å². The monoisotopic (exact) mass is 323 g/mol. The van der Waals surface area contributed by atoms with Gasteiger partial charge in [0.05, 0.1) is 5.69 Å². The number of anilines is 1. The van der Waals surface area contributed by atoms with Crippen LogP contribution in [0.3, 0.4) is 0 Å². The number of rotatable bonds is 2. The Kier molecular flexibility index (Phi) is 3.44. The Morgan fingerprint density at radius 3 is 2.92 bits per heavy atom. The van der Waals surface area contributed by atoms with Crippen molar-refractivity contribution >= 4 is 11.7 Å². The molecule has 4 rings (SSSR count). The lowest BCUT2D eigenvalue weighted by Gasteiger charge is -2.13. The molecule has 2 amide bonds. The molecule has 2 aliphatic carbocycles. The van der Waals surface area contributed by atoms with E-state index in [1.165, 1.54) is 21.8 Å². The minimum Gasteiger partial charge on any atom is -0.334 e. The molecule has 1 heterocycles. The zero-order chi connectivity index (χ0) is 16.8. The molecule has 0 unspecified atom stereocenters. The van der Waals surface area contributed by atoms with Crippen LogP contribution in [0, 0.1) is 12.8 Å². The number of carbonyl (C=O) groups excluding carboxylic acids is 1. The maximum atomic E-state index is 12.4. The second-order valence-corrected chi connectivity index (χ2v) is 6.87. The van der Waals surface area contributed by atoms with Gasteiger partial charge in [0.1, 0.15) is 0 Å². The van der Waals surface area contributed by atoms with Gasteiger partial charge in [0, 0.05) is 31.3 Å². The van der Waals surface area contributed by atoms with Gasteiger partial charge in [0.25, 0.3) is 5.56 Å². The fourth-order valence-corrected chi connectivity index (χ4v) is 3.93. The SMILES string of the molecule is Cc1cc(=O)n(C)cc1NC(=O)N[C@@H]1[C@@H]2CCc3ccccc3[C@@H]21. The number of benzene rings is 1. The molecular weight excluding hydrogens is 302 g/mol. The summed E-state index contributed by atoms with van der Waals surface area (Å²) in [5.41, 5.74) is 4.16. The van der Waals surface area contributed by atoms with Crippen molar-refractivity contribution in [2.45, 2.75) is 31.7 Å². The minimum atomic E-state index is -0.200. The van der Waals surface area contributed by atoms with Crippen LogP contribution in [0.1, 0.15) is 29.0 Å². The predicted octanol–water partition coefficient (Wildman–Crippen LogP) is 2.54. The van der Waals surface area contributed by atoms with E-state index in [1.807, 2.05) is 6.92 Å². The van der Waals surface area contributed by atoms with Gasteiger partial charge in [-0.1, -0.05) is 24.3 Å². The van der Waals surface area contributed by atoms with Crippen molar-refractivity contribution < 1.29 is 4.79 Å². The lowest BCUT2D eigenvalue weighted by atomic mass is 9.92. The largest absolute Gasteiger partial charge is 0.334 e. The number of aromatic nitrogens is 1. The normalized spacial score (nSPS) is 23.8. The van der Waals surface area contributed by atoms with E-state index in [1.54, 1.807) is 13.2 Å². The topological polar surface area (TPSA) is 63.1 Å². The zero-order valence-corrected chi connectivity index (χ0v) is 13.9. The van der Waals surface area contributed by atoms with Crippen LogP contribution in [0.25, 0.3) is 0 Å². The summed E-state index contributed by atoms with van der Waals surface area (Å²) in [6.45, 7) is 1.82. The molecular formula is C19H21N3O2. The number of pyridine rings is 1. The molecule has 2 aromatic rings. The van der Waals surface area contributed by atoms with Crippen LogP contribution in [-0.2, 0) is 13.5 Å². The summed E-state index contributed by atoms with van der Waals surface area (Å²) in [5.74, 6) is 0.994. The van der Waals surface area contributed by atoms with Crippen molar-refractivity contribution in [2.75, 3.05) is 5.32 Å². The first-order valence-electron chi connectivity index (χ1n) is 8.37. The molecule has 1 aromatic heterocycles. The maximum absolute atomic E-state index is 12.4. The summed E-state index contributed by atoms with van der Waals surface area (Å²) in [6, 6.07) is 10.1. The molecule has 1 saturated carbocycles. The molecule has 1 aromatic carbocycles. The van der Waals surface area contributed by atoms with Crippen molar-refractivity contribution in [3.8, 4) is 0 Å². The summed E-state index contributed by atoms with van der Waals surface area (Å²) in [6.07, 6.45) is 3.88. The van der Waals surface area contributed by atoms with Gasteiger partial charge in [-0.25, -0.2) is 4.79 Å². The second kappa shape index (κ2) is 5.51. The third-order valence-electron chi connectivity index (χ3n) is 5.31. The Morgan fingerprint density at radius 2 is 2.08 bits per heavy atom. The second-order valence-electron chi connectivity index (χ2n) is 6.87. The Balaban J connectivity index is 1.45. The highest BCUT2D eigenvalue weighted by molar-refractivity contribution is 5.90. The minimum absolute atomic E-state index is 0.0803. The first-order chi connectivity index (χ1) is 11.5. The fourth-order valence-electron chi connectivity index (χ4n) is 3.93. The summed E-state index contributed by atoms with van der Waals surface area (Å²) in [5, 5.41) is 5.98. The van der Waals surface area contributed by atoms with E-state index in [2.05, 4.69) is 34.9 Å². The van der Waals surface area contributed by atoms with E-state index in [-0.39, 0.29) is 17.6 Å². The first kappa shape index (κ1) is 15.0. The lowest BCUT2D eigenvalue weighted by molar-refractivity contribution is 0.251. The number of hydrogen-bond acceptors (Lipinski definition) is 2. The summed E-state index contributed by atoms with van der Waals surface area (Å²) in [4.78, 5) is 23.9. The Morgan fingerprint density at radius 1 is 1.29 bits per heavy atom. The molecule has 2 aliphatic rings. The van der Waals surface area contributed by atoms with Crippen LogP contribution in [0.4, 0.5) is 10.5 Å². The fraction of sp³-hybridized carbons (Fsp3) is 0.368. The van der Waals surface area contributed by atoms with Crippen molar-refractivity contribution in [1.29, 1.82) is 0 Å². The lowest BCUT2D eigenvalue weighted by Crippen LogP contribution is -2.32. The smallest absolute Gasteiger partial charge is 0.319 e. The number of hydrogen-bond donors (Lipinski definition) is 2. The van der Waals surface area contributed by atoms with Gasteiger partial charge in [0.2, 0.25) is 0 Å². The predicted molar refractivity (Wildman–Crippen MR) is 93.4 cm³/mol. The number of carbonyl (C=O) groups is 1. The number of nitrogens with one attached hydrogen (secondary N) is 2. The number of amides is 2. The quantitative estimate of drug-likeness (QED) is 0.892. The highest BCUT2D eigenvalue weighted by atomic mass is 16.2. The van der Waals surface area contributed by atoms with Gasteiger partial charge in [-0.2, -0.15) is 0 Å². The third-order valence-corrected chi connectivity index (χ3v) is 5.31. The Hall–Kier alpha value is -2.56. The first-order valence-corrected chi connectivity index (χ1v) is 8.37. The highest BCUT2D eigenvalue weighted by Gasteiger charge is 2.53. The number of fused-ring (bicyclic) bond motifs is 3.